The molecular weight excluding hydrogens is 493 g/mol. The number of rotatable bonds is 7. The Morgan fingerprint density at radius 3 is 2.23 bits per heavy atom. The highest BCUT2D eigenvalue weighted by Gasteiger charge is 2.42. The second-order valence-electron chi connectivity index (χ2n) is 9.37. The maximum Gasteiger partial charge on any atom is 0.170 e. The molecular formula is C32H30FN3O3. The number of nitrogens with one attached hydrogen (secondary N) is 1. The van der Waals surface area contributed by atoms with Crippen molar-refractivity contribution in [3.05, 3.63) is 130 Å². The standard InChI is InChI=1S/C21H13FO2.C11H17N3O/c22-15-5-2-13(3-6-15)14-4-8-17-19(10-14)21-18-9-12(11-23)1-7-16(18)20(17)24-21;1-3-15-14-11(12)10-6-4-9(5-7-10)8-13-2/h1-11,20-21H;4-7,13H,3,8H2,1-2H3,(H2,12,14)/t20-,21+;/m1./s1. The quantitative estimate of drug-likeness (QED) is 0.137. The molecule has 0 aliphatic carbocycles. The molecule has 3 N–H and O–H groups in total. The van der Waals surface area contributed by atoms with Gasteiger partial charge in [-0.15, -0.1) is 0 Å². The fourth-order valence-corrected chi connectivity index (χ4v) is 4.94. The third kappa shape index (κ3) is 5.46. The lowest BCUT2D eigenvalue weighted by Crippen LogP contribution is -2.14. The summed E-state index contributed by atoms with van der Waals surface area (Å²) in [6, 6.07) is 26.4. The molecule has 6 nitrogen and oxygen atoms in total. The van der Waals surface area contributed by atoms with Crippen LogP contribution in [0.25, 0.3) is 11.1 Å². The molecule has 2 aliphatic heterocycles. The number of nitrogens with zero attached hydrogens (tertiary/aromatic N) is 1. The Bertz CT molecular complexity index is 1500. The van der Waals surface area contributed by atoms with E-state index >= 15 is 0 Å². The van der Waals surface area contributed by atoms with Crippen LogP contribution in [0.1, 0.15) is 62.9 Å². The first-order valence-electron chi connectivity index (χ1n) is 12.9. The average Bonchev–Trinajstić information content (AvgIpc) is 3.54. The third-order valence-electron chi connectivity index (χ3n) is 6.84. The average molecular weight is 524 g/mol. The first-order valence-corrected chi connectivity index (χ1v) is 12.9. The summed E-state index contributed by atoms with van der Waals surface area (Å²) in [7, 11) is 1.92. The van der Waals surface area contributed by atoms with E-state index in [1.165, 1.54) is 23.3 Å². The van der Waals surface area contributed by atoms with Crippen LogP contribution >= 0.6 is 0 Å². The largest absolute Gasteiger partial charge is 0.394 e. The van der Waals surface area contributed by atoms with Gasteiger partial charge in [-0.2, -0.15) is 0 Å². The van der Waals surface area contributed by atoms with Crippen molar-refractivity contribution >= 4 is 12.1 Å². The van der Waals surface area contributed by atoms with Gasteiger partial charge in [0.2, 0.25) is 0 Å². The maximum atomic E-state index is 13.1. The Kier molecular flexibility index (Phi) is 7.81. The summed E-state index contributed by atoms with van der Waals surface area (Å²) in [5, 5.41) is 6.85. The zero-order valence-electron chi connectivity index (χ0n) is 21.9. The highest BCUT2D eigenvalue weighted by Crippen LogP contribution is 2.54. The van der Waals surface area contributed by atoms with Gasteiger partial charge < -0.3 is 20.6 Å². The molecule has 2 aliphatic rings. The van der Waals surface area contributed by atoms with Crippen molar-refractivity contribution in [2.24, 2.45) is 10.9 Å². The fraction of sp³-hybridized carbons (Fsp3) is 0.188. The van der Waals surface area contributed by atoms with Crippen molar-refractivity contribution < 1.29 is 18.8 Å². The number of ether oxygens (including phenoxy) is 1. The van der Waals surface area contributed by atoms with Crippen molar-refractivity contribution in [1.82, 2.24) is 5.32 Å². The van der Waals surface area contributed by atoms with Gasteiger partial charge in [-0.25, -0.2) is 4.39 Å². The number of carbonyl (C=O) groups excluding carboxylic acids is 1. The van der Waals surface area contributed by atoms with Crippen molar-refractivity contribution in [2.75, 3.05) is 13.7 Å². The van der Waals surface area contributed by atoms with E-state index in [0.717, 1.165) is 46.2 Å². The van der Waals surface area contributed by atoms with Gasteiger partial charge in [0.1, 0.15) is 30.9 Å². The molecule has 0 spiro atoms. The van der Waals surface area contributed by atoms with Crippen LogP contribution in [0.4, 0.5) is 4.39 Å². The molecule has 0 saturated heterocycles. The number of aldehydes is 1. The molecule has 2 atom stereocenters. The van der Waals surface area contributed by atoms with Crippen molar-refractivity contribution in [1.29, 1.82) is 0 Å². The summed E-state index contributed by atoms with van der Waals surface area (Å²) >= 11 is 0. The number of benzene rings is 4. The van der Waals surface area contributed by atoms with Crippen LogP contribution in [0.5, 0.6) is 0 Å². The Morgan fingerprint density at radius 1 is 0.923 bits per heavy atom. The number of oxime groups is 1. The molecule has 6 rings (SSSR count). The predicted octanol–water partition coefficient (Wildman–Crippen LogP) is 5.89. The van der Waals surface area contributed by atoms with Crippen LogP contribution in [-0.4, -0.2) is 25.8 Å². The second kappa shape index (κ2) is 11.6. The topological polar surface area (TPSA) is 85.9 Å². The highest BCUT2D eigenvalue weighted by atomic mass is 19.1. The maximum absolute atomic E-state index is 13.1. The van der Waals surface area contributed by atoms with Gasteiger partial charge in [0.25, 0.3) is 0 Å². The minimum atomic E-state index is -0.238. The molecule has 2 heterocycles. The van der Waals surface area contributed by atoms with Crippen LogP contribution in [0.15, 0.2) is 90.1 Å². The summed E-state index contributed by atoms with van der Waals surface area (Å²) < 4.78 is 19.3. The minimum Gasteiger partial charge on any atom is -0.394 e. The van der Waals surface area contributed by atoms with E-state index in [1.807, 2.05) is 56.4 Å². The van der Waals surface area contributed by atoms with E-state index in [1.54, 1.807) is 12.1 Å². The number of hydrogen-bond donors (Lipinski definition) is 2. The van der Waals surface area contributed by atoms with Crippen molar-refractivity contribution in [2.45, 2.75) is 25.7 Å². The fourth-order valence-electron chi connectivity index (χ4n) is 4.94. The first-order chi connectivity index (χ1) is 19.0. The van der Waals surface area contributed by atoms with Crippen molar-refractivity contribution in [3.8, 4) is 11.1 Å². The molecule has 4 aromatic rings. The van der Waals surface area contributed by atoms with Crippen LogP contribution in [-0.2, 0) is 16.1 Å². The Morgan fingerprint density at radius 2 is 1.56 bits per heavy atom. The molecule has 4 aromatic carbocycles. The van der Waals surface area contributed by atoms with E-state index in [9.17, 15) is 9.18 Å². The summed E-state index contributed by atoms with van der Waals surface area (Å²) in [6.07, 6.45) is 0.686. The van der Waals surface area contributed by atoms with Gasteiger partial charge in [-0.3, -0.25) is 4.79 Å². The number of carbonyl (C=O) groups is 1. The third-order valence-corrected chi connectivity index (χ3v) is 6.84. The second-order valence-corrected chi connectivity index (χ2v) is 9.37. The zero-order chi connectivity index (χ0) is 27.4. The molecule has 7 heteroatoms. The zero-order valence-corrected chi connectivity index (χ0v) is 21.9. The van der Waals surface area contributed by atoms with Crippen LogP contribution < -0.4 is 11.1 Å². The number of hydrogen-bond acceptors (Lipinski definition) is 5. The van der Waals surface area contributed by atoms with E-state index < -0.39 is 0 Å². The van der Waals surface area contributed by atoms with Gasteiger partial charge >= 0.3 is 0 Å². The van der Waals surface area contributed by atoms with E-state index in [2.05, 4.69) is 28.7 Å². The van der Waals surface area contributed by atoms with Crippen molar-refractivity contribution in [3.63, 3.8) is 0 Å². The normalized spacial score (nSPS) is 16.6. The van der Waals surface area contributed by atoms with Crippen LogP contribution in [0.2, 0.25) is 0 Å². The predicted molar refractivity (Wildman–Crippen MR) is 150 cm³/mol. The summed E-state index contributed by atoms with van der Waals surface area (Å²) in [5.74, 6) is 0.172. The SMILES string of the molecule is CCO/N=C(\N)c1ccc(CNC)cc1.O=Cc1ccc2c(c1)[C@@H]1O[C@H]2c2ccc(-c3ccc(F)cc3)cc21. The molecule has 0 unspecified atom stereocenters. The molecule has 2 bridgehead atoms. The van der Waals surface area contributed by atoms with Gasteiger partial charge in [0.05, 0.1) is 0 Å². The first kappa shape index (κ1) is 26.3. The number of halogens is 1. The van der Waals surface area contributed by atoms with Crippen LogP contribution in [0.3, 0.4) is 0 Å². The molecule has 0 radical (unpaired) electrons. The summed E-state index contributed by atoms with van der Waals surface area (Å²) in [5.41, 5.74) is 15.0. The Balaban J connectivity index is 0.000000179. The highest BCUT2D eigenvalue weighted by molar-refractivity contribution is 5.97. The van der Waals surface area contributed by atoms with Crippen LogP contribution in [0, 0.1) is 5.82 Å². The summed E-state index contributed by atoms with van der Waals surface area (Å²) in [6.45, 7) is 3.24. The molecule has 0 saturated carbocycles. The Labute approximate surface area is 227 Å². The lowest BCUT2D eigenvalue weighted by atomic mass is 9.84. The summed E-state index contributed by atoms with van der Waals surface area (Å²) in [4.78, 5) is 15.9. The minimum absolute atomic E-state index is 0.0528. The molecule has 0 fully saturated rings. The Hall–Kier alpha value is -4.33. The lowest BCUT2D eigenvalue weighted by molar-refractivity contribution is 0.0857. The molecule has 39 heavy (non-hydrogen) atoms. The molecule has 0 aromatic heterocycles. The number of nitrogens with two attached hydrogens (primary N) is 1. The van der Waals surface area contributed by atoms with E-state index in [-0.39, 0.29) is 18.0 Å². The number of amidine groups is 1. The molecule has 198 valence electrons. The van der Waals surface area contributed by atoms with Gasteiger partial charge in [-0.05, 0) is 77.2 Å². The molecule has 0 amide bonds. The monoisotopic (exact) mass is 523 g/mol. The van der Waals surface area contributed by atoms with E-state index in [0.29, 0.717) is 18.0 Å². The lowest BCUT2D eigenvalue weighted by Gasteiger charge is -2.17. The van der Waals surface area contributed by atoms with Gasteiger partial charge in [0.15, 0.2) is 5.84 Å². The van der Waals surface area contributed by atoms with Gasteiger partial charge in [-0.1, -0.05) is 65.8 Å². The van der Waals surface area contributed by atoms with E-state index in [4.69, 9.17) is 15.3 Å². The smallest absolute Gasteiger partial charge is 0.170 e. The van der Waals surface area contributed by atoms with Gasteiger partial charge in [0, 0.05) is 17.7 Å². The number of fused-ring (bicyclic) bond motifs is 8.